The number of hydrogen-bond acceptors (Lipinski definition) is 5. The highest BCUT2D eigenvalue weighted by atomic mass is 35.5. The average Bonchev–Trinajstić information content (AvgIpc) is 2.30. The zero-order valence-electron chi connectivity index (χ0n) is 9.73. The van der Waals surface area contributed by atoms with Crippen LogP contribution in [0.25, 0.3) is 0 Å². The van der Waals surface area contributed by atoms with Crippen molar-refractivity contribution in [2.45, 2.75) is 19.8 Å². The lowest BCUT2D eigenvalue weighted by atomic mass is 10.1. The van der Waals surface area contributed by atoms with Gasteiger partial charge in [0.2, 0.25) is 0 Å². The van der Waals surface area contributed by atoms with E-state index in [0.717, 1.165) is 6.07 Å². The minimum atomic E-state index is -2.95. The van der Waals surface area contributed by atoms with Gasteiger partial charge in [0, 0.05) is 0 Å². The van der Waals surface area contributed by atoms with Crippen LogP contribution >= 0.6 is 11.6 Å². The first kappa shape index (κ1) is 15.2. The van der Waals surface area contributed by atoms with Crippen LogP contribution in [0.3, 0.4) is 0 Å². The van der Waals surface area contributed by atoms with Crippen molar-refractivity contribution in [3.8, 4) is 0 Å². The topological polar surface area (TPSA) is 82.3 Å². The Labute approximate surface area is 111 Å². The van der Waals surface area contributed by atoms with Gasteiger partial charge in [0.05, 0.1) is 12.2 Å². The second-order valence-electron chi connectivity index (χ2n) is 3.37. The Balaban J connectivity index is 3.21. The Morgan fingerprint density at radius 3 is 2.74 bits per heavy atom. The van der Waals surface area contributed by atoms with Gasteiger partial charge in [-0.2, -0.15) is 0 Å². The van der Waals surface area contributed by atoms with Gasteiger partial charge >= 0.3 is 11.8 Å². The van der Waals surface area contributed by atoms with E-state index in [0.29, 0.717) is 0 Å². The van der Waals surface area contributed by atoms with Gasteiger partial charge in [0.1, 0.15) is 11.4 Å². The molecule has 19 heavy (non-hydrogen) atoms. The lowest BCUT2D eigenvalue weighted by Crippen LogP contribution is -2.12. The molecule has 1 heterocycles. The molecule has 1 aromatic rings. The molecular weight excluding hydrogens is 286 g/mol. The van der Waals surface area contributed by atoms with Gasteiger partial charge in [-0.1, -0.05) is 11.6 Å². The van der Waals surface area contributed by atoms with Gasteiger partial charge < -0.3 is 14.9 Å². The fourth-order valence-electron chi connectivity index (χ4n) is 1.34. The number of nitrogens with zero attached hydrogens (tertiary/aromatic N) is 2. The highest BCUT2D eigenvalue weighted by Gasteiger charge is 2.27. The Bertz CT molecular complexity index is 511. The standard InChI is InChI=1S/C10H9ClF2N2O4/c1-2-19-8(16)4-7-5(9(12)13)3-6(11)10(14-7)15(17)18/h3,9H,2,4H2,1H3. The van der Waals surface area contributed by atoms with Crippen molar-refractivity contribution in [2.75, 3.05) is 6.61 Å². The van der Waals surface area contributed by atoms with E-state index in [1.165, 1.54) is 0 Å². The van der Waals surface area contributed by atoms with Crippen molar-refractivity contribution in [1.82, 2.24) is 4.98 Å². The minimum Gasteiger partial charge on any atom is -0.466 e. The number of rotatable bonds is 5. The van der Waals surface area contributed by atoms with E-state index < -0.39 is 45.8 Å². The number of aromatic nitrogens is 1. The molecule has 0 amide bonds. The molecule has 0 aliphatic rings. The molecule has 6 nitrogen and oxygen atoms in total. The smallest absolute Gasteiger partial charge is 0.382 e. The zero-order valence-corrected chi connectivity index (χ0v) is 10.5. The van der Waals surface area contributed by atoms with Crippen molar-refractivity contribution in [2.24, 2.45) is 0 Å². The van der Waals surface area contributed by atoms with Crippen LogP contribution in [0.4, 0.5) is 14.6 Å². The number of nitro groups is 1. The maximum atomic E-state index is 12.8. The molecule has 0 bridgehead atoms. The van der Waals surface area contributed by atoms with Crippen LogP contribution in [0.2, 0.25) is 5.02 Å². The Hall–Kier alpha value is -1.83. The minimum absolute atomic E-state index is 0.0680. The summed E-state index contributed by atoms with van der Waals surface area (Å²) >= 11 is 5.48. The molecule has 1 rings (SSSR count). The summed E-state index contributed by atoms with van der Waals surface area (Å²) in [6.07, 6.45) is -3.53. The van der Waals surface area contributed by atoms with E-state index in [1.807, 2.05) is 0 Å². The van der Waals surface area contributed by atoms with Gasteiger partial charge in [-0.15, -0.1) is 0 Å². The van der Waals surface area contributed by atoms with Gasteiger partial charge in [0.15, 0.2) is 5.69 Å². The fourth-order valence-corrected chi connectivity index (χ4v) is 1.57. The Morgan fingerprint density at radius 1 is 1.63 bits per heavy atom. The predicted octanol–water partition coefficient (Wildman–Crippen LogP) is 2.69. The monoisotopic (exact) mass is 294 g/mol. The van der Waals surface area contributed by atoms with Crippen LogP contribution in [-0.4, -0.2) is 22.5 Å². The number of hydrogen-bond donors (Lipinski definition) is 0. The molecule has 0 atom stereocenters. The third-order valence-corrected chi connectivity index (χ3v) is 2.37. The zero-order chi connectivity index (χ0) is 14.6. The summed E-state index contributed by atoms with van der Waals surface area (Å²) in [5.74, 6) is -1.57. The lowest BCUT2D eigenvalue weighted by Gasteiger charge is -2.05. The highest BCUT2D eigenvalue weighted by molar-refractivity contribution is 6.32. The van der Waals surface area contributed by atoms with E-state index in [1.54, 1.807) is 6.92 Å². The molecule has 9 heteroatoms. The number of esters is 1. The molecular formula is C10H9ClF2N2O4. The summed E-state index contributed by atoms with van der Waals surface area (Å²) < 4.78 is 30.1. The first-order valence-electron chi connectivity index (χ1n) is 5.14. The number of carbonyl (C=O) groups excluding carboxylic acids is 1. The van der Waals surface area contributed by atoms with Crippen molar-refractivity contribution >= 4 is 23.4 Å². The van der Waals surface area contributed by atoms with Crippen molar-refractivity contribution in [3.05, 3.63) is 32.5 Å². The molecule has 0 aliphatic carbocycles. The second kappa shape index (κ2) is 6.37. The number of ether oxygens (including phenoxy) is 1. The second-order valence-corrected chi connectivity index (χ2v) is 3.78. The maximum absolute atomic E-state index is 12.8. The van der Waals surface area contributed by atoms with E-state index in [4.69, 9.17) is 11.6 Å². The third kappa shape index (κ3) is 3.82. The highest BCUT2D eigenvalue weighted by Crippen LogP contribution is 2.30. The van der Waals surface area contributed by atoms with Crippen molar-refractivity contribution in [1.29, 1.82) is 0 Å². The predicted molar refractivity (Wildman–Crippen MR) is 61.2 cm³/mol. The van der Waals surface area contributed by atoms with Crippen molar-refractivity contribution < 1.29 is 23.2 Å². The Kier molecular flexibility index (Phi) is 5.11. The van der Waals surface area contributed by atoms with E-state index in [2.05, 4.69) is 9.72 Å². The average molecular weight is 295 g/mol. The Morgan fingerprint density at radius 2 is 2.26 bits per heavy atom. The lowest BCUT2D eigenvalue weighted by molar-refractivity contribution is -0.389. The van der Waals surface area contributed by atoms with E-state index >= 15 is 0 Å². The molecule has 0 N–H and O–H groups in total. The number of halogens is 3. The third-order valence-electron chi connectivity index (χ3n) is 2.10. The molecule has 0 aromatic carbocycles. The van der Waals surface area contributed by atoms with Crippen LogP contribution in [0.15, 0.2) is 6.07 Å². The van der Waals surface area contributed by atoms with Crippen molar-refractivity contribution in [3.63, 3.8) is 0 Å². The summed E-state index contributed by atoms with van der Waals surface area (Å²) in [6, 6.07) is 0.742. The number of alkyl halides is 2. The van der Waals surface area contributed by atoms with Crippen LogP contribution in [0, 0.1) is 10.1 Å². The number of carbonyl (C=O) groups is 1. The molecule has 0 radical (unpaired) electrons. The molecule has 0 saturated heterocycles. The summed E-state index contributed by atoms with van der Waals surface area (Å²) in [4.78, 5) is 24.4. The van der Waals surface area contributed by atoms with Gasteiger partial charge in [-0.25, -0.2) is 8.78 Å². The maximum Gasteiger partial charge on any atom is 0.382 e. The summed E-state index contributed by atoms with van der Waals surface area (Å²) in [5.41, 5.74) is -1.03. The molecule has 0 saturated carbocycles. The molecule has 104 valence electrons. The van der Waals surface area contributed by atoms with E-state index in [-0.39, 0.29) is 6.61 Å². The van der Waals surface area contributed by atoms with Gasteiger partial charge in [0.25, 0.3) is 6.43 Å². The quantitative estimate of drug-likeness (QED) is 0.474. The fraction of sp³-hybridized carbons (Fsp3) is 0.400. The van der Waals surface area contributed by atoms with Crippen LogP contribution in [0.5, 0.6) is 0 Å². The molecule has 1 aromatic heterocycles. The van der Waals surface area contributed by atoms with Gasteiger partial charge in [-0.3, -0.25) is 4.79 Å². The number of pyridine rings is 1. The molecule has 0 fully saturated rings. The first-order valence-corrected chi connectivity index (χ1v) is 5.52. The first-order chi connectivity index (χ1) is 8.86. The van der Waals surface area contributed by atoms with Crippen LogP contribution in [0.1, 0.15) is 24.6 Å². The molecule has 0 unspecified atom stereocenters. The summed E-state index contributed by atoms with van der Waals surface area (Å²) in [7, 11) is 0. The summed E-state index contributed by atoms with van der Waals surface area (Å²) in [6.45, 7) is 1.61. The van der Waals surface area contributed by atoms with Gasteiger partial charge in [-0.05, 0) is 22.9 Å². The van der Waals surface area contributed by atoms with E-state index in [9.17, 15) is 23.7 Å². The molecule has 0 spiro atoms. The molecule has 0 aliphatic heterocycles. The van der Waals surface area contributed by atoms with Crippen LogP contribution < -0.4 is 0 Å². The normalized spacial score (nSPS) is 10.6. The summed E-state index contributed by atoms with van der Waals surface area (Å²) in [5, 5.41) is 10.1. The SMILES string of the molecule is CCOC(=O)Cc1nc([N+](=O)[O-])c(Cl)cc1C(F)F. The van der Waals surface area contributed by atoms with Crippen LogP contribution in [-0.2, 0) is 16.0 Å². The largest absolute Gasteiger partial charge is 0.466 e.